The van der Waals surface area contributed by atoms with E-state index in [-0.39, 0.29) is 13.2 Å². The second kappa shape index (κ2) is 7.59. The van der Waals surface area contributed by atoms with Crippen LogP contribution in [0, 0.1) is 13.8 Å². The summed E-state index contributed by atoms with van der Waals surface area (Å²) in [5.41, 5.74) is 1.44. The third-order valence-electron chi connectivity index (χ3n) is 1.80. The van der Waals surface area contributed by atoms with Gasteiger partial charge < -0.3 is 10.2 Å². The highest BCUT2D eigenvalue weighted by atomic mass is 35.5. The van der Waals surface area contributed by atoms with E-state index in [0.717, 1.165) is 11.1 Å². The molecule has 1 aromatic rings. The van der Waals surface area contributed by atoms with Crippen LogP contribution in [0.4, 0.5) is 0 Å². The van der Waals surface area contributed by atoms with Crippen LogP contribution in [0.5, 0.6) is 0 Å². The summed E-state index contributed by atoms with van der Waals surface area (Å²) in [5.74, 6) is 0. The summed E-state index contributed by atoms with van der Waals surface area (Å²) in [7, 11) is 0. The Morgan fingerprint density at radius 3 is 1.00 bits per heavy atom. The zero-order valence-corrected chi connectivity index (χ0v) is 11.8. The molecule has 92 valence electrons. The average molecular weight is 306 g/mol. The molecule has 0 heterocycles. The summed E-state index contributed by atoms with van der Waals surface area (Å²) in [5, 5.41) is 17.2. The van der Waals surface area contributed by atoms with E-state index in [2.05, 4.69) is 0 Å². The number of aliphatic hydroxyl groups is 2. The fraction of sp³-hybridized carbons (Fsp3) is 0.400. The normalized spacial score (nSPS) is 9.75. The van der Waals surface area contributed by atoms with E-state index in [1.54, 1.807) is 13.8 Å². The number of rotatable bonds is 1. The van der Waals surface area contributed by atoms with Crippen LogP contribution in [0.1, 0.15) is 11.1 Å². The standard InChI is InChI=1S/C8H6Cl4.C2H6O2/c1-3-5(9)7(11)4(2)8(12)6(3)10;3-1-2-4/h1-2H3;3-4H,1-2H2. The molecule has 2 nitrogen and oxygen atoms in total. The number of hydrogen-bond acceptors (Lipinski definition) is 2. The van der Waals surface area contributed by atoms with Gasteiger partial charge in [0, 0.05) is 0 Å². The van der Waals surface area contributed by atoms with Crippen molar-refractivity contribution in [3.63, 3.8) is 0 Å². The van der Waals surface area contributed by atoms with Crippen molar-refractivity contribution in [2.45, 2.75) is 13.8 Å². The zero-order chi connectivity index (χ0) is 12.9. The van der Waals surface area contributed by atoms with Gasteiger partial charge in [-0.1, -0.05) is 46.4 Å². The molecule has 6 heteroatoms. The van der Waals surface area contributed by atoms with Crippen molar-refractivity contribution in [1.82, 2.24) is 0 Å². The maximum atomic E-state index is 7.62. The van der Waals surface area contributed by atoms with E-state index >= 15 is 0 Å². The van der Waals surface area contributed by atoms with Crippen molar-refractivity contribution < 1.29 is 10.2 Å². The van der Waals surface area contributed by atoms with Gasteiger partial charge in [0.25, 0.3) is 0 Å². The maximum absolute atomic E-state index is 7.62. The second-order valence-corrected chi connectivity index (χ2v) is 4.47. The molecule has 0 fully saturated rings. The summed E-state index contributed by atoms with van der Waals surface area (Å²) < 4.78 is 0. The monoisotopic (exact) mass is 304 g/mol. The van der Waals surface area contributed by atoms with Crippen molar-refractivity contribution in [1.29, 1.82) is 0 Å². The first-order chi connectivity index (χ1) is 7.38. The highest BCUT2D eigenvalue weighted by Crippen LogP contribution is 2.39. The molecule has 0 aromatic heterocycles. The highest BCUT2D eigenvalue weighted by Gasteiger charge is 2.14. The number of benzene rings is 1. The molecular weight excluding hydrogens is 294 g/mol. The van der Waals surface area contributed by atoms with Crippen LogP contribution in [0.2, 0.25) is 20.1 Å². The first kappa shape index (κ1) is 16.3. The summed E-state index contributed by atoms with van der Waals surface area (Å²) in [6.07, 6.45) is 0. The summed E-state index contributed by atoms with van der Waals surface area (Å²) in [6, 6.07) is 0. The molecule has 0 aliphatic heterocycles. The summed E-state index contributed by atoms with van der Waals surface area (Å²) in [4.78, 5) is 0. The van der Waals surface area contributed by atoms with Crippen LogP contribution in [0.3, 0.4) is 0 Å². The van der Waals surface area contributed by atoms with Crippen LogP contribution in [-0.2, 0) is 0 Å². The molecule has 1 rings (SSSR count). The predicted molar refractivity (Wildman–Crippen MR) is 70.1 cm³/mol. The molecule has 0 radical (unpaired) electrons. The smallest absolute Gasteiger partial charge is 0.0662 e. The van der Waals surface area contributed by atoms with Crippen LogP contribution in [0.15, 0.2) is 0 Å². The quantitative estimate of drug-likeness (QED) is 0.773. The van der Waals surface area contributed by atoms with E-state index < -0.39 is 0 Å². The Labute approximate surface area is 115 Å². The van der Waals surface area contributed by atoms with E-state index in [0.29, 0.717) is 20.1 Å². The minimum absolute atomic E-state index is 0.125. The molecule has 0 saturated heterocycles. The van der Waals surface area contributed by atoms with Crippen LogP contribution in [0.25, 0.3) is 0 Å². The Bertz CT molecular complexity index is 259. The minimum Gasteiger partial charge on any atom is -0.394 e. The summed E-state index contributed by atoms with van der Waals surface area (Å²) >= 11 is 23.5. The van der Waals surface area contributed by atoms with Gasteiger partial charge in [0.1, 0.15) is 0 Å². The molecule has 0 saturated carbocycles. The fourth-order valence-corrected chi connectivity index (χ4v) is 1.89. The van der Waals surface area contributed by atoms with E-state index in [1.807, 2.05) is 0 Å². The molecular formula is C10H12Cl4O2. The van der Waals surface area contributed by atoms with Crippen molar-refractivity contribution in [2.24, 2.45) is 0 Å². The Kier molecular flexibility index (Phi) is 7.73. The van der Waals surface area contributed by atoms with Gasteiger partial charge in [-0.15, -0.1) is 0 Å². The second-order valence-electron chi connectivity index (χ2n) is 2.95. The number of hydrogen-bond donors (Lipinski definition) is 2. The average Bonchev–Trinajstić information content (AvgIpc) is 2.31. The predicted octanol–water partition coefficient (Wildman–Crippen LogP) is 3.89. The lowest BCUT2D eigenvalue weighted by Gasteiger charge is -2.09. The van der Waals surface area contributed by atoms with Gasteiger partial charge in [-0.25, -0.2) is 0 Å². The van der Waals surface area contributed by atoms with E-state index in [1.165, 1.54) is 0 Å². The maximum Gasteiger partial charge on any atom is 0.0662 e. The zero-order valence-electron chi connectivity index (χ0n) is 8.82. The number of aliphatic hydroxyl groups excluding tert-OH is 2. The molecule has 1 aromatic carbocycles. The molecule has 0 atom stereocenters. The van der Waals surface area contributed by atoms with Crippen molar-refractivity contribution in [3.05, 3.63) is 31.2 Å². The van der Waals surface area contributed by atoms with Crippen molar-refractivity contribution in [3.8, 4) is 0 Å². The first-order valence-corrected chi connectivity index (χ1v) is 5.90. The Hall–Kier alpha value is 0.300. The fourth-order valence-electron chi connectivity index (χ4n) is 0.851. The molecule has 0 spiro atoms. The molecule has 0 aliphatic rings. The van der Waals surface area contributed by atoms with Crippen molar-refractivity contribution in [2.75, 3.05) is 13.2 Å². The molecule has 0 aliphatic carbocycles. The Morgan fingerprint density at radius 2 is 0.875 bits per heavy atom. The Morgan fingerprint density at radius 1 is 0.688 bits per heavy atom. The van der Waals surface area contributed by atoms with Gasteiger partial charge in [-0.2, -0.15) is 0 Å². The van der Waals surface area contributed by atoms with E-state index in [9.17, 15) is 0 Å². The minimum atomic E-state index is -0.125. The Balaban J connectivity index is 0.000000487. The SMILES string of the molecule is Cc1c(Cl)c(Cl)c(C)c(Cl)c1Cl.OCCO. The van der Waals surface area contributed by atoms with Crippen LogP contribution >= 0.6 is 46.4 Å². The highest BCUT2D eigenvalue weighted by molar-refractivity contribution is 6.48. The summed E-state index contributed by atoms with van der Waals surface area (Å²) in [6.45, 7) is 3.31. The molecule has 0 bridgehead atoms. The lowest BCUT2D eigenvalue weighted by molar-refractivity contribution is 0.186. The van der Waals surface area contributed by atoms with Gasteiger partial charge in [-0.3, -0.25) is 0 Å². The van der Waals surface area contributed by atoms with Gasteiger partial charge >= 0.3 is 0 Å². The third kappa shape index (κ3) is 3.95. The van der Waals surface area contributed by atoms with E-state index in [4.69, 9.17) is 56.6 Å². The largest absolute Gasteiger partial charge is 0.394 e. The van der Waals surface area contributed by atoms with Gasteiger partial charge in [0.05, 0.1) is 33.3 Å². The van der Waals surface area contributed by atoms with Crippen LogP contribution < -0.4 is 0 Å². The molecule has 0 amide bonds. The lowest BCUT2D eigenvalue weighted by Crippen LogP contribution is -1.86. The topological polar surface area (TPSA) is 40.5 Å². The molecule has 0 unspecified atom stereocenters. The van der Waals surface area contributed by atoms with Gasteiger partial charge in [-0.05, 0) is 25.0 Å². The molecule has 2 N–H and O–H groups in total. The number of halogens is 4. The molecule has 16 heavy (non-hydrogen) atoms. The van der Waals surface area contributed by atoms with Crippen LogP contribution in [-0.4, -0.2) is 23.4 Å². The van der Waals surface area contributed by atoms with Gasteiger partial charge in [0.2, 0.25) is 0 Å². The van der Waals surface area contributed by atoms with Crippen molar-refractivity contribution >= 4 is 46.4 Å². The first-order valence-electron chi connectivity index (χ1n) is 4.39. The lowest BCUT2D eigenvalue weighted by atomic mass is 10.2. The van der Waals surface area contributed by atoms with Gasteiger partial charge in [0.15, 0.2) is 0 Å². The third-order valence-corrected chi connectivity index (χ3v) is 3.89.